The molecule has 3 amide bonds. The number of carboxylic acid groups (broad SMARTS) is 1. The monoisotopic (exact) mass is 863 g/mol. The summed E-state index contributed by atoms with van der Waals surface area (Å²) in [6.45, 7) is 14.6. The molecule has 0 fully saturated rings. The fourth-order valence-corrected chi connectivity index (χ4v) is 6.36. The highest BCUT2D eigenvalue weighted by Crippen LogP contribution is 2.35. The molecular formula is C39H69N5O14S. The Kier molecular flexibility index (Phi) is 25.3. The van der Waals surface area contributed by atoms with Crippen LogP contribution in [0.1, 0.15) is 87.0 Å². The van der Waals surface area contributed by atoms with Crippen molar-refractivity contribution in [3.05, 3.63) is 6.07 Å². The molecule has 1 aromatic rings. The average Bonchev–Trinajstić information content (AvgIpc) is 3.42. The summed E-state index contributed by atoms with van der Waals surface area (Å²) in [7, 11) is 0. The Morgan fingerprint density at radius 3 is 2.14 bits per heavy atom. The van der Waals surface area contributed by atoms with Gasteiger partial charge in [-0.3, -0.25) is 23.7 Å². The first kappa shape index (κ1) is 53.4. The van der Waals surface area contributed by atoms with Gasteiger partial charge in [-0.2, -0.15) is 0 Å². The first-order valence-electron chi connectivity index (χ1n) is 19.9. The van der Waals surface area contributed by atoms with Gasteiger partial charge >= 0.3 is 12.1 Å². The summed E-state index contributed by atoms with van der Waals surface area (Å²) in [5, 5.41) is 47.1. The predicted octanol–water partition coefficient (Wildman–Crippen LogP) is 2.51. The van der Waals surface area contributed by atoms with E-state index >= 15 is 0 Å². The van der Waals surface area contributed by atoms with Crippen LogP contribution < -0.4 is 21.7 Å². The molecule has 9 N–H and O–H groups in total. The zero-order valence-corrected chi connectivity index (χ0v) is 36.5. The molecule has 0 bridgehead atoms. The lowest BCUT2D eigenvalue weighted by molar-refractivity contribution is -0.236. The molecule has 0 aliphatic carbocycles. The molecule has 4 unspecified atom stereocenters. The Bertz CT molecular complexity index is 1430. The molecule has 59 heavy (non-hydrogen) atoms. The molecule has 0 aliphatic heterocycles. The van der Waals surface area contributed by atoms with Crippen LogP contribution >= 0.6 is 11.8 Å². The van der Waals surface area contributed by atoms with Crippen LogP contribution in [0.25, 0.3) is 0 Å². The average molecular weight is 864 g/mol. The predicted molar refractivity (Wildman–Crippen MR) is 219 cm³/mol. The number of carbonyl (C=O) groups is 5. The van der Waals surface area contributed by atoms with Gasteiger partial charge in [-0.1, -0.05) is 27.7 Å². The smallest absolute Gasteiger partial charge is 0.407 e. The van der Waals surface area contributed by atoms with Gasteiger partial charge in [-0.25, -0.2) is 4.79 Å². The zero-order chi connectivity index (χ0) is 44.6. The summed E-state index contributed by atoms with van der Waals surface area (Å²) < 4.78 is 29.2. The quantitative estimate of drug-likeness (QED) is 0.0302. The van der Waals surface area contributed by atoms with Crippen LogP contribution in [0.5, 0.6) is 11.8 Å². The molecule has 20 heteroatoms. The van der Waals surface area contributed by atoms with Crippen molar-refractivity contribution in [1.29, 1.82) is 0 Å². The molecule has 0 spiro atoms. The third kappa shape index (κ3) is 24.9. The van der Waals surface area contributed by atoms with Crippen LogP contribution in [0.4, 0.5) is 4.79 Å². The minimum absolute atomic E-state index is 0.00671. The van der Waals surface area contributed by atoms with Crippen molar-refractivity contribution in [3.8, 4) is 11.8 Å². The van der Waals surface area contributed by atoms with Gasteiger partial charge in [0.15, 0.2) is 12.2 Å². The Morgan fingerprint density at radius 1 is 0.881 bits per heavy atom. The number of rotatable bonds is 31. The van der Waals surface area contributed by atoms with Crippen molar-refractivity contribution >= 4 is 41.4 Å². The van der Waals surface area contributed by atoms with E-state index in [1.165, 1.54) is 6.07 Å². The number of hydrogen-bond acceptors (Lipinski definition) is 15. The SMILES string of the molecule is CCC(CCNC(=O)CCNC(=O)OCC(OC(CO)CC(C)(C)C)OC(C)(C)C)C(=O)CCOCCOCCNC(=O)CCn1c(O)cc(SCC(N)C(=O)O)c1O. The van der Waals surface area contributed by atoms with Crippen molar-refractivity contribution < 1.29 is 68.1 Å². The summed E-state index contributed by atoms with van der Waals surface area (Å²) in [5.74, 6) is -2.59. The van der Waals surface area contributed by atoms with Crippen molar-refractivity contribution in [1.82, 2.24) is 20.5 Å². The van der Waals surface area contributed by atoms with Crippen LogP contribution in [0.2, 0.25) is 0 Å². The summed E-state index contributed by atoms with van der Waals surface area (Å²) in [5.41, 5.74) is 4.78. The van der Waals surface area contributed by atoms with Gasteiger partial charge in [0, 0.05) is 63.2 Å². The number of hydrogen-bond donors (Lipinski definition) is 8. The first-order chi connectivity index (χ1) is 27.6. The number of Topliss-reactive ketones (excluding diaryl/α,β-unsaturated/α-hetero) is 1. The van der Waals surface area contributed by atoms with Gasteiger partial charge in [0.2, 0.25) is 17.7 Å². The number of carbonyl (C=O) groups excluding carboxylic acids is 4. The van der Waals surface area contributed by atoms with E-state index < -0.39 is 36.1 Å². The number of carboxylic acids is 1. The number of ketones is 1. The van der Waals surface area contributed by atoms with E-state index in [0.29, 0.717) is 25.8 Å². The van der Waals surface area contributed by atoms with Gasteiger partial charge in [-0.05, 0) is 45.4 Å². The van der Waals surface area contributed by atoms with Gasteiger partial charge in [0.25, 0.3) is 0 Å². The molecule has 4 atom stereocenters. The molecule has 19 nitrogen and oxygen atoms in total. The maximum atomic E-state index is 12.7. The molecule has 0 radical (unpaired) electrons. The highest BCUT2D eigenvalue weighted by molar-refractivity contribution is 7.99. The topological polar surface area (TPSA) is 279 Å². The standard InChI is InChI=1S/C39H69N5O14S/c1-8-26(9-13-41-31(47)10-14-43-37(53)56-24-34(58-39(5,6)7)57-27(23-45)22-38(2,3)4)29(46)12-17-54-19-20-55-18-15-42-32(48)11-16-44-33(49)21-30(35(44)50)59-25-28(40)36(51)52/h21,26-28,34,45,49-50H,8-20,22-25,40H2,1-7H3,(H,41,47)(H,42,48)(H,43,53)(H,51,52). The van der Waals surface area contributed by atoms with E-state index in [1.807, 2.05) is 48.5 Å². The fourth-order valence-electron chi connectivity index (χ4n) is 5.43. The second-order valence-corrected chi connectivity index (χ2v) is 17.1. The van der Waals surface area contributed by atoms with E-state index in [9.17, 15) is 39.3 Å². The van der Waals surface area contributed by atoms with E-state index in [1.54, 1.807) is 0 Å². The lowest BCUT2D eigenvalue weighted by atomic mass is 9.89. The number of aliphatic carboxylic acids is 1. The zero-order valence-electron chi connectivity index (χ0n) is 35.7. The van der Waals surface area contributed by atoms with Crippen LogP contribution in [-0.2, 0) is 49.4 Å². The van der Waals surface area contributed by atoms with Crippen LogP contribution in [0.15, 0.2) is 11.0 Å². The Labute approximate surface area is 351 Å². The number of nitrogens with two attached hydrogens (primary N) is 1. The minimum Gasteiger partial charge on any atom is -0.494 e. The number of aromatic nitrogens is 1. The van der Waals surface area contributed by atoms with Crippen molar-refractivity contribution in [2.45, 2.75) is 122 Å². The van der Waals surface area contributed by atoms with Crippen LogP contribution in [0.3, 0.4) is 0 Å². The summed E-state index contributed by atoms with van der Waals surface area (Å²) in [6.07, 6.45) is -0.315. The van der Waals surface area contributed by atoms with Gasteiger partial charge in [0.1, 0.15) is 18.4 Å². The summed E-state index contributed by atoms with van der Waals surface area (Å²) in [4.78, 5) is 60.7. The van der Waals surface area contributed by atoms with E-state index in [2.05, 4.69) is 16.0 Å². The number of nitrogens with one attached hydrogen (secondary N) is 3. The maximum absolute atomic E-state index is 12.7. The van der Waals surface area contributed by atoms with Crippen molar-refractivity contribution in [2.24, 2.45) is 17.1 Å². The molecular weight excluding hydrogens is 795 g/mol. The number of ether oxygens (including phenoxy) is 5. The maximum Gasteiger partial charge on any atom is 0.407 e. The second-order valence-electron chi connectivity index (χ2n) is 16.0. The fraction of sp³-hybridized carbons (Fsp3) is 0.769. The molecule has 340 valence electrons. The number of thioether (sulfide) groups is 1. The van der Waals surface area contributed by atoms with Crippen LogP contribution in [0, 0.1) is 11.3 Å². The normalized spacial score (nSPS) is 13.9. The van der Waals surface area contributed by atoms with Crippen LogP contribution in [-0.4, -0.2) is 144 Å². The highest BCUT2D eigenvalue weighted by Gasteiger charge is 2.27. The van der Waals surface area contributed by atoms with E-state index in [0.717, 1.165) is 16.3 Å². The Hall–Kier alpha value is -3.66. The van der Waals surface area contributed by atoms with Gasteiger partial charge < -0.3 is 65.8 Å². The summed E-state index contributed by atoms with van der Waals surface area (Å²) in [6, 6.07) is 0.142. The molecule has 1 rings (SSSR count). The highest BCUT2D eigenvalue weighted by atomic mass is 32.2. The summed E-state index contributed by atoms with van der Waals surface area (Å²) >= 11 is 0.979. The molecule has 0 saturated heterocycles. The number of aliphatic hydroxyl groups is 1. The number of alkyl carbamates (subject to hydrolysis) is 1. The Morgan fingerprint density at radius 2 is 1.53 bits per heavy atom. The van der Waals surface area contributed by atoms with Gasteiger partial charge in [0.05, 0.1) is 49.6 Å². The lowest BCUT2D eigenvalue weighted by Crippen LogP contribution is -2.39. The minimum atomic E-state index is -1.18. The third-order valence-electron chi connectivity index (χ3n) is 8.35. The van der Waals surface area contributed by atoms with Crippen molar-refractivity contribution in [2.75, 3.05) is 65.0 Å². The number of aliphatic hydroxyl groups excluding tert-OH is 1. The first-order valence-corrected chi connectivity index (χ1v) is 20.9. The number of aromatic hydroxyl groups is 2. The molecule has 1 heterocycles. The number of nitrogens with zero attached hydrogens (tertiary/aromatic N) is 1. The van der Waals surface area contributed by atoms with Gasteiger partial charge in [-0.15, -0.1) is 11.8 Å². The van der Waals surface area contributed by atoms with E-state index in [-0.39, 0.29) is 130 Å². The molecule has 1 aromatic heterocycles. The molecule has 0 aromatic carbocycles. The molecule has 0 aliphatic rings. The van der Waals surface area contributed by atoms with E-state index in [4.69, 9.17) is 34.5 Å². The second kappa shape index (κ2) is 28.0. The molecule has 0 saturated carbocycles. The Balaban J connectivity index is 2.21. The van der Waals surface area contributed by atoms with Crippen molar-refractivity contribution in [3.63, 3.8) is 0 Å². The number of amides is 3. The largest absolute Gasteiger partial charge is 0.494 e. The lowest BCUT2D eigenvalue weighted by Gasteiger charge is -2.32. The third-order valence-corrected chi connectivity index (χ3v) is 9.49.